The van der Waals surface area contributed by atoms with Crippen molar-refractivity contribution >= 4 is 11.6 Å². The Balaban J connectivity index is 2.75. The topological polar surface area (TPSA) is 33.1 Å². The number of hydrogen-bond acceptors (Lipinski definition) is 2. The van der Waals surface area contributed by atoms with Gasteiger partial charge in [-0.15, -0.1) is 0 Å². The van der Waals surface area contributed by atoms with E-state index in [9.17, 15) is 0 Å². The fourth-order valence-corrected chi connectivity index (χ4v) is 0.882. The third kappa shape index (κ3) is 1.97. The average Bonchev–Trinajstić information content (AvgIpc) is 1.88. The molecule has 1 rings (SSSR count). The summed E-state index contributed by atoms with van der Waals surface area (Å²) in [5.41, 5.74) is 0.829. The third-order valence-corrected chi connectivity index (χ3v) is 1.38. The molecule has 10 heavy (non-hydrogen) atoms. The van der Waals surface area contributed by atoms with Gasteiger partial charge >= 0.3 is 0 Å². The van der Waals surface area contributed by atoms with Crippen LogP contribution in [0.3, 0.4) is 0 Å². The molecular formula is C7H8ClNO. The Labute approximate surface area is 64.5 Å². The number of halogens is 1. The highest BCUT2D eigenvalue weighted by Crippen LogP contribution is 2.07. The van der Waals surface area contributed by atoms with Crippen molar-refractivity contribution < 1.29 is 5.11 Å². The van der Waals surface area contributed by atoms with E-state index in [0.717, 1.165) is 5.69 Å². The normalized spacial score (nSPS) is 9.80. The Kier molecular flexibility index (Phi) is 2.66. The first-order chi connectivity index (χ1) is 4.83. The van der Waals surface area contributed by atoms with Gasteiger partial charge in [0.1, 0.15) is 0 Å². The van der Waals surface area contributed by atoms with Crippen LogP contribution in [0.15, 0.2) is 18.3 Å². The van der Waals surface area contributed by atoms with Gasteiger partial charge in [-0.2, -0.15) is 0 Å². The molecule has 0 bridgehead atoms. The molecule has 0 saturated carbocycles. The second kappa shape index (κ2) is 3.54. The predicted molar refractivity (Wildman–Crippen MR) is 40.0 cm³/mol. The molecule has 0 saturated heterocycles. The fraction of sp³-hybridized carbons (Fsp3) is 0.286. The summed E-state index contributed by atoms with van der Waals surface area (Å²) in [6.45, 7) is 0.118. The largest absolute Gasteiger partial charge is 0.396 e. The van der Waals surface area contributed by atoms with E-state index in [1.807, 2.05) is 0 Å². The standard InChI is InChI=1S/C7H8ClNO/c8-6-1-3-9-7(5-6)2-4-10/h1,3,5,10H,2,4H2. The molecular weight excluding hydrogens is 150 g/mol. The van der Waals surface area contributed by atoms with Gasteiger partial charge in [0.25, 0.3) is 0 Å². The van der Waals surface area contributed by atoms with Gasteiger partial charge < -0.3 is 5.11 Å². The van der Waals surface area contributed by atoms with Crippen LogP contribution >= 0.6 is 11.6 Å². The fourth-order valence-electron chi connectivity index (χ4n) is 0.700. The molecule has 0 atom stereocenters. The Morgan fingerprint density at radius 1 is 1.60 bits per heavy atom. The van der Waals surface area contributed by atoms with Crippen LogP contribution in [-0.4, -0.2) is 16.7 Å². The number of hydrogen-bond donors (Lipinski definition) is 1. The van der Waals surface area contributed by atoms with Gasteiger partial charge in [-0.1, -0.05) is 11.6 Å². The Morgan fingerprint density at radius 2 is 2.40 bits per heavy atom. The van der Waals surface area contributed by atoms with Crippen molar-refractivity contribution in [3.8, 4) is 0 Å². The predicted octanol–water partition coefficient (Wildman–Crippen LogP) is 1.27. The van der Waals surface area contributed by atoms with Gasteiger partial charge in [0.05, 0.1) is 0 Å². The summed E-state index contributed by atoms with van der Waals surface area (Å²) in [7, 11) is 0. The molecule has 0 aliphatic heterocycles. The first-order valence-electron chi connectivity index (χ1n) is 3.04. The van der Waals surface area contributed by atoms with E-state index in [1.165, 1.54) is 0 Å². The molecule has 0 fully saturated rings. The number of aromatic nitrogens is 1. The lowest BCUT2D eigenvalue weighted by Gasteiger charge is -1.95. The first kappa shape index (κ1) is 7.51. The van der Waals surface area contributed by atoms with Crippen LogP contribution in [0, 0.1) is 0 Å². The molecule has 0 aromatic carbocycles. The number of aliphatic hydroxyl groups is 1. The van der Waals surface area contributed by atoms with E-state index >= 15 is 0 Å². The molecule has 1 heterocycles. The summed E-state index contributed by atoms with van der Waals surface area (Å²) in [6.07, 6.45) is 2.20. The molecule has 0 aliphatic carbocycles. The lowest BCUT2D eigenvalue weighted by Crippen LogP contribution is -1.92. The van der Waals surface area contributed by atoms with Gasteiger partial charge in [-0.25, -0.2) is 0 Å². The Bertz CT molecular complexity index is 215. The smallest absolute Gasteiger partial charge is 0.0486 e. The maximum Gasteiger partial charge on any atom is 0.0486 e. The number of rotatable bonds is 2. The summed E-state index contributed by atoms with van der Waals surface area (Å²) >= 11 is 5.66. The van der Waals surface area contributed by atoms with E-state index in [1.54, 1.807) is 18.3 Å². The van der Waals surface area contributed by atoms with Crippen molar-refractivity contribution in [3.05, 3.63) is 29.0 Å². The van der Waals surface area contributed by atoms with E-state index in [4.69, 9.17) is 16.7 Å². The Hall–Kier alpha value is -0.600. The van der Waals surface area contributed by atoms with Crippen molar-refractivity contribution in [3.63, 3.8) is 0 Å². The van der Waals surface area contributed by atoms with Crippen molar-refractivity contribution in [2.24, 2.45) is 0 Å². The van der Waals surface area contributed by atoms with Crippen LogP contribution in [0.5, 0.6) is 0 Å². The van der Waals surface area contributed by atoms with Crippen LogP contribution in [0.4, 0.5) is 0 Å². The van der Waals surface area contributed by atoms with Crippen LogP contribution < -0.4 is 0 Å². The zero-order valence-corrected chi connectivity index (χ0v) is 6.17. The second-order valence-corrected chi connectivity index (χ2v) is 2.38. The van der Waals surface area contributed by atoms with Crippen LogP contribution in [0.1, 0.15) is 5.69 Å². The first-order valence-corrected chi connectivity index (χ1v) is 3.42. The third-order valence-electron chi connectivity index (χ3n) is 1.15. The number of nitrogens with zero attached hydrogens (tertiary/aromatic N) is 1. The van der Waals surface area contributed by atoms with E-state index in [2.05, 4.69) is 4.98 Å². The summed E-state index contributed by atoms with van der Waals surface area (Å²) in [5.74, 6) is 0. The molecule has 3 heteroatoms. The van der Waals surface area contributed by atoms with Crippen LogP contribution in [-0.2, 0) is 6.42 Å². The minimum Gasteiger partial charge on any atom is -0.396 e. The quantitative estimate of drug-likeness (QED) is 0.702. The van der Waals surface area contributed by atoms with E-state index in [-0.39, 0.29) is 6.61 Å². The van der Waals surface area contributed by atoms with Gasteiger partial charge in [-0.3, -0.25) is 4.98 Å². The van der Waals surface area contributed by atoms with Gasteiger partial charge in [0.2, 0.25) is 0 Å². The summed E-state index contributed by atoms with van der Waals surface area (Å²) in [6, 6.07) is 3.46. The lowest BCUT2D eigenvalue weighted by atomic mass is 10.3. The molecule has 0 spiro atoms. The highest BCUT2D eigenvalue weighted by atomic mass is 35.5. The average molecular weight is 158 g/mol. The minimum atomic E-state index is 0.118. The van der Waals surface area contributed by atoms with Crippen molar-refractivity contribution in [2.45, 2.75) is 6.42 Å². The van der Waals surface area contributed by atoms with Gasteiger partial charge in [-0.05, 0) is 12.1 Å². The number of aliphatic hydroxyl groups excluding tert-OH is 1. The second-order valence-electron chi connectivity index (χ2n) is 1.94. The van der Waals surface area contributed by atoms with Crippen LogP contribution in [0.2, 0.25) is 5.02 Å². The molecule has 1 N–H and O–H groups in total. The van der Waals surface area contributed by atoms with Gasteiger partial charge in [0.15, 0.2) is 0 Å². The zero-order chi connectivity index (χ0) is 7.40. The molecule has 1 aromatic rings. The highest BCUT2D eigenvalue weighted by molar-refractivity contribution is 6.30. The van der Waals surface area contributed by atoms with Crippen molar-refractivity contribution in [1.82, 2.24) is 4.98 Å². The van der Waals surface area contributed by atoms with Crippen molar-refractivity contribution in [2.75, 3.05) is 6.61 Å². The SMILES string of the molecule is OCCc1cc(Cl)ccn1. The Morgan fingerprint density at radius 3 is 3.00 bits per heavy atom. The molecule has 0 amide bonds. The lowest BCUT2D eigenvalue weighted by molar-refractivity contribution is 0.298. The maximum absolute atomic E-state index is 8.53. The van der Waals surface area contributed by atoms with E-state index < -0.39 is 0 Å². The molecule has 2 nitrogen and oxygen atoms in total. The molecule has 54 valence electrons. The molecule has 0 aliphatic rings. The summed E-state index contributed by atoms with van der Waals surface area (Å²) < 4.78 is 0. The zero-order valence-electron chi connectivity index (χ0n) is 5.42. The highest BCUT2D eigenvalue weighted by Gasteiger charge is 1.92. The van der Waals surface area contributed by atoms with Crippen molar-refractivity contribution in [1.29, 1.82) is 0 Å². The maximum atomic E-state index is 8.53. The van der Waals surface area contributed by atoms with Gasteiger partial charge in [0, 0.05) is 29.9 Å². The molecule has 1 aromatic heterocycles. The number of pyridine rings is 1. The molecule has 0 unspecified atom stereocenters. The summed E-state index contributed by atoms with van der Waals surface area (Å²) in [5, 5.41) is 9.19. The minimum absolute atomic E-state index is 0.118. The monoisotopic (exact) mass is 157 g/mol. The summed E-state index contributed by atoms with van der Waals surface area (Å²) in [4.78, 5) is 3.98. The van der Waals surface area contributed by atoms with E-state index in [0.29, 0.717) is 11.4 Å². The molecule has 0 radical (unpaired) electrons. The van der Waals surface area contributed by atoms with Crippen LogP contribution in [0.25, 0.3) is 0 Å².